The van der Waals surface area contributed by atoms with E-state index in [9.17, 15) is 4.79 Å². The van der Waals surface area contributed by atoms with E-state index in [2.05, 4.69) is 10.1 Å². The Morgan fingerprint density at radius 3 is 2.63 bits per heavy atom. The van der Waals surface area contributed by atoms with E-state index < -0.39 is 0 Å². The molecule has 140 valence electrons. The Morgan fingerprint density at radius 2 is 1.93 bits per heavy atom. The summed E-state index contributed by atoms with van der Waals surface area (Å²) in [6.07, 6.45) is 0. The third kappa shape index (κ3) is 4.99. The molecule has 3 aromatic rings. The fourth-order valence-corrected chi connectivity index (χ4v) is 2.74. The lowest BCUT2D eigenvalue weighted by Gasteiger charge is -2.15. The molecule has 1 aromatic heterocycles. The van der Waals surface area contributed by atoms with Crippen LogP contribution in [0.3, 0.4) is 0 Å². The highest BCUT2D eigenvalue weighted by atomic mass is 35.5. The van der Waals surface area contributed by atoms with E-state index in [-0.39, 0.29) is 19.1 Å². The minimum Gasteiger partial charge on any atom is -0.482 e. The first-order valence-corrected chi connectivity index (χ1v) is 8.89. The predicted octanol–water partition coefficient (Wildman–Crippen LogP) is 4.39. The quantitative estimate of drug-likeness (QED) is 0.608. The van der Waals surface area contributed by atoms with Crippen LogP contribution in [0.5, 0.6) is 5.75 Å². The van der Waals surface area contributed by atoms with Crippen molar-refractivity contribution in [3.05, 3.63) is 64.0 Å². The summed E-state index contributed by atoms with van der Waals surface area (Å²) in [6.45, 7) is 2.01. The van der Waals surface area contributed by atoms with Crippen LogP contribution in [-0.4, -0.2) is 34.6 Å². The first kappa shape index (κ1) is 19.2. The number of carbonyl (C=O) groups excluding carboxylic acids is 1. The molecule has 6 nitrogen and oxygen atoms in total. The van der Waals surface area contributed by atoms with Gasteiger partial charge in [0.15, 0.2) is 6.61 Å². The summed E-state index contributed by atoms with van der Waals surface area (Å²) >= 11 is 11.9. The number of aromatic nitrogens is 2. The van der Waals surface area contributed by atoms with Crippen LogP contribution in [-0.2, 0) is 11.3 Å². The highest BCUT2D eigenvalue weighted by molar-refractivity contribution is 6.35. The van der Waals surface area contributed by atoms with Gasteiger partial charge in [-0.1, -0.05) is 58.2 Å². The number of likely N-dealkylation sites (N-methyl/N-ethyl adjacent to an activating group) is 1. The molecule has 0 saturated carbocycles. The van der Waals surface area contributed by atoms with Gasteiger partial charge >= 0.3 is 0 Å². The van der Waals surface area contributed by atoms with Gasteiger partial charge in [0.2, 0.25) is 11.7 Å². The lowest BCUT2D eigenvalue weighted by molar-refractivity contribution is -0.132. The Bertz CT molecular complexity index is 942. The average molecular weight is 406 g/mol. The molecule has 0 aliphatic rings. The van der Waals surface area contributed by atoms with Gasteiger partial charge in [0.1, 0.15) is 5.75 Å². The summed E-state index contributed by atoms with van der Waals surface area (Å²) < 4.78 is 10.7. The Kier molecular flexibility index (Phi) is 5.98. The normalized spacial score (nSPS) is 10.7. The van der Waals surface area contributed by atoms with Crippen LogP contribution < -0.4 is 4.74 Å². The zero-order chi connectivity index (χ0) is 19.4. The summed E-state index contributed by atoms with van der Waals surface area (Å²) in [5.41, 5.74) is 2.00. The number of nitrogens with zero attached hydrogens (tertiary/aromatic N) is 3. The Morgan fingerprint density at radius 1 is 1.19 bits per heavy atom. The zero-order valence-corrected chi connectivity index (χ0v) is 16.3. The molecule has 8 heteroatoms. The molecule has 0 radical (unpaired) electrons. The molecule has 0 bridgehead atoms. The van der Waals surface area contributed by atoms with E-state index in [1.165, 1.54) is 4.90 Å². The van der Waals surface area contributed by atoms with Gasteiger partial charge in [-0.3, -0.25) is 4.79 Å². The van der Waals surface area contributed by atoms with Gasteiger partial charge in [-0.25, -0.2) is 0 Å². The summed E-state index contributed by atoms with van der Waals surface area (Å²) in [5, 5.41) is 4.80. The van der Waals surface area contributed by atoms with Crippen molar-refractivity contribution in [3.8, 4) is 17.1 Å². The van der Waals surface area contributed by atoms with E-state index >= 15 is 0 Å². The topological polar surface area (TPSA) is 68.5 Å². The third-order valence-electron chi connectivity index (χ3n) is 3.82. The van der Waals surface area contributed by atoms with Crippen LogP contribution in [0.15, 0.2) is 47.0 Å². The number of ether oxygens (including phenoxy) is 1. The van der Waals surface area contributed by atoms with Crippen LogP contribution in [0.25, 0.3) is 11.4 Å². The molecule has 1 amide bonds. The smallest absolute Gasteiger partial charge is 0.260 e. The highest BCUT2D eigenvalue weighted by Gasteiger charge is 2.16. The number of hydrogen-bond donors (Lipinski definition) is 0. The molecule has 27 heavy (non-hydrogen) atoms. The second-order valence-corrected chi connectivity index (χ2v) is 6.83. The average Bonchev–Trinajstić information content (AvgIpc) is 3.09. The van der Waals surface area contributed by atoms with Crippen LogP contribution in [0.1, 0.15) is 11.5 Å². The van der Waals surface area contributed by atoms with Crippen LogP contribution in [0.2, 0.25) is 10.0 Å². The van der Waals surface area contributed by atoms with E-state index in [4.69, 9.17) is 32.5 Å². The van der Waals surface area contributed by atoms with Crippen molar-refractivity contribution >= 4 is 29.1 Å². The predicted molar refractivity (Wildman–Crippen MR) is 103 cm³/mol. The Labute approximate surface area is 166 Å². The Hall–Kier alpha value is -2.57. The molecule has 0 aliphatic carbocycles. The van der Waals surface area contributed by atoms with Crippen LogP contribution >= 0.6 is 23.2 Å². The maximum atomic E-state index is 12.3. The molecular formula is C19H17Cl2N3O3. The zero-order valence-electron chi connectivity index (χ0n) is 14.8. The summed E-state index contributed by atoms with van der Waals surface area (Å²) in [4.78, 5) is 18.0. The fraction of sp³-hybridized carbons (Fsp3) is 0.211. The number of amides is 1. The minimum atomic E-state index is -0.254. The first-order chi connectivity index (χ1) is 12.9. The van der Waals surface area contributed by atoms with Crippen LogP contribution in [0, 0.1) is 6.92 Å². The summed E-state index contributed by atoms with van der Waals surface area (Å²) in [5.74, 6) is 0.958. The second kappa shape index (κ2) is 8.41. The molecule has 1 heterocycles. The maximum absolute atomic E-state index is 12.3. The van der Waals surface area contributed by atoms with Crippen molar-refractivity contribution < 1.29 is 14.1 Å². The minimum absolute atomic E-state index is 0.170. The molecule has 0 N–H and O–H groups in total. The number of rotatable bonds is 6. The number of halogens is 2. The molecular weight excluding hydrogens is 389 g/mol. The number of benzene rings is 2. The standard InChI is InChI=1S/C19H17Cl2N3O3/c1-12-3-5-13(6-4-12)19-22-17(27-23-19)10-24(2)18(25)11-26-16-8-7-14(20)9-15(16)21/h3-9H,10-11H2,1-2H3. The van der Waals surface area contributed by atoms with E-state index in [0.29, 0.717) is 27.5 Å². The molecule has 2 aromatic carbocycles. The van der Waals surface area contributed by atoms with E-state index in [1.54, 1.807) is 25.2 Å². The molecule has 0 fully saturated rings. The van der Waals surface area contributed by atoms with Gasteiger partial charge in [0.25, 0.3) is 5.91 Å². The molecule has 0 spiro atoms. The lowest BCUT2D eigenvalue weighted by atomic mass is 10.1. The molecule has 0 aliphatic heterocycles. The van der Waals surface area contributed by atoms with Crippen molar-refractivity contribution in [1.29, 1.82) is 0 Å². The molecule has 0 unspecified atom stereocenters. The molecule has 0 saturated heterocycles. The number of hydrogen-bond acceptors (Lipinski definition) is 5. The van der Waals surface area contributed by atoms with Crippen molar-refractivity contribution in [1.82, 2.24) is 15.0 Å². The van der Waals surface area contributed by atoms with Crippen molar-refractivity contribution in [2.24, 2.45) is 0 Å². The summed E-state index contributed by atoms with van der Waals surface area (Å²) in [6, 6.07) is 12.6. The largest absolute Gasteiger partial charge is 0.482 e. The lowest BCUT2D eigenvalue weighted by Crippen LogP contribution is -2.31. The SMILES string of the molecule is Cc1ccc(-c2noc(CN(C)C(=O)COc3ccc(Cl)cc3Cl)n2)cc1. The number of carbonyl (C=O) groups is 1. The van der Waals surface area contributed by atoms with Gasteiger partial charge in [-0.2, -0.15) is 4.98 Å². The van der Waals surface area contributed by atoms with E-state index in [0.717, 1.165) is 11.1 Å². The van der Waals surface area contributed by atoms with Gasteiger partial charge in [0, 0.05) is 17.6 Å². The van der Waals surface area contributed by atoms with Gasteiger partial charge in [-0.05, 0) is 25.1 Å². The fourth-order valence-electron chi connectivity index (χ4n) is 2.27. The van der Waals surface area contributed by atoms with Crippen molar-refractivity contribution in [3.63, 3.8) is 0 Å². The monoisotopic (exact) mass is 405 g/mol. The first-order valence-electron chi connectivity index (χ1n) is 8.14. The maximum Gasteiger partial charge on any atom is 0.260 e. The van der Waals surface area contributed by atoms with Gasteiger partial charge < -0.3 is 14.2 Å². The van der Waals surface area contributed by atoms with Crippen molar-refractivity contribution in [2.45, 2.75) is 13.5 Å². The molecule has 0 atom stereocenters. The van der Waals surface area contributed by atoms with Gasteiger partial charge in [0.05, 0.1) is 11.6 Å². The van der Waals surface area contributed by atoms with E-state index in [1.807, 2.05) is 31.2 Å². The Balaban J connectivity index is 1.57. The summed E-state index contributed by atoms with van der Waals surface area (Å²) in [7, 11) is 1.63. The third-order valence-corrected chi connectivity index (χ3v) is 4.35. The second-order valence-electron chi connectivity index (χ2n) is 5.99. The van der Waals surface area contributed by atoms with Crippen LogP contribution in [0.4, 0.5) is 0 Å². The number of aryl methyl sites for hydroxylation is 1. The molecule has 3 rings (SSSR count). The van der Waals surface area contributed by atoms with Gasteiger partial charge in [-0.15, -0.1) is 0 Å². The van der Waals surface area contributed by atoms with Crippen molar-refractivity contribution in [2.75, 3.05) is 13.7 Å². The highest BCUT2D eigenvalue weighted by Crippen LogP contribution is 2.27.